The summed E-state index contributed by atoms with van der Waals surface area (Å²) < 4.78 is 0. The molecule has 2 heteroatoms. The Bertz CT molecular complexity index is 260. The molecular weight excluding hydrogens is 220 g/mol. The Balaban J connectivity index is 1.52. The Morgan fingerprint density at radius 2 is 1.78 bits per heavy atom. The van der Waals surface area contributed by atoms with Crippen molar-refractivity contribution in [2.45, 2.75) is 76.9 Å². The maximum absolute atomic E-state index is 3.75. The van der Waals surface area contributed by atoms with Crippen LogP contribution in [0.4, 0.5) is 0 Å². The highest BCUT2D eigenvalue weighted by Crippen LogP contribution is 2.41. The minimum atomic E-state index is 0.815. The van der Waals surface area contributed by atoms with Gasteiger partial charge in [0.2, 0.25) is 0 Å². The smallest absolute Gasteiger partial charge is 0.0114 e. The van der Waals surface area contributed by atoms with Crippen molar-refractivity contribution in [3.8, 4) is 0 Å². The van der Waals surface area contributed by atoms with Crippen LogP contribution < -0.4 is 5.32 Å². The third-order valence-electron chi connectivity index (χ3n) is 5.49. The van der Waals surface area contributed by atoms with Crippen molar-refractivity contribution in [3.63, 3.8) is 0 Å². The highest BCUT2D eigenvalue weighted by atomic mass is 15.2. The Labute approximate surface area is 113 Å². The van der Waals surface area contributed by atoms with Crippen LogP contribution in [0.5, 0.6) is 0 Å². The van der Waals surface area contributed by atoms with Crippen molar-refractivity contribution >= 4 is 0 Å². The highest BCUT2D eigenvalue weighted by Gasteiger charge is 2.42. The van der Waals surface area contributed by atoms with Gasteiger partial charge >= 0.3 is 0 Å². The van der Waals surface area contributed by atoms with Crippen molar-refractivity contribution in [2.75, 3.05) is 13.1 Å². The molecule has 0 aromatic rings. The van der Waals surface area contributed by atoms with Gasteiger partial charge in [-0.3, -0.25) is 4.90 Å². The molecule has 0 aromatic heterocycles. The molecule has 2 bridgehead atoms. The SMILES string of the molecule is CCCNC1CC2CCC(C1)N2CC(C)C1CC1. The fraction of sp³-hybridized carbons (Fsp3) is 1.00. The second-order valence-electron chi connectivity index (χ2n) is 7.02. The number of hydrogen-bond donors (Lipinski definition) is 1. The number of nitrogens with one attached hydrogen (secondary N) is 1. The van der Waals surface area contributed by atoms with Gasteiger partial charge in [-0.25, -0.2) is 0 Å². The molecule has 104 valence electrons. The summed E-state index contributed by atoms with van der Waals surface area (Å²) in [4.78, 5) is 2.88. The Morgan fingerprint density at radius 3 is 2.33 bits per heavy atom. The molecule has 3 rings (SSSR count). The topological polar surface area (TPSA) is 15.3 Å². The summed E-state index contributed by atoms with van der Waals surface area (Å²) in [5, 5.41) is 3.75. The van der Waals surface area contributed by atoms with E-state index in [9.17, 15) is 0 Å². The molecule has 1 aliphatic carbocycles. The normalized spacial score (nSPS) is 38.0. The van der Waals surface area contributed by atoms with Crippen LogP contribution >= 0.6 is 0 Å². The van der Waals surface area contributed by atoms with Crippen LogP contribution in [0.1, 0.15) is 58.8 Å². The van der Waals surface area contributed by atoms with Gasteiger partial charge in [0.1, 0.15) is 0 Å². The molecule has 1 N–H and O–H groups in total. The third kappa shape index (κ3) is 2.75. The van der Waals surface area contributed by atoms with Crippen LogP contribution in [0.15, 0.2) is 0 Å². The molecule has 0 radical (unpaired) electrons. The standard InChI is InChI=1S/C16H30N2/c1-3-8-17-14-9-15-6-7-16(10-14)18(15)11-12(2)13-4-5-13/h12-17H,3-11H2,1-2H3. The molecule has 3 aliphatic rings. The lowest BCUT2D eigenvalue weighted by Gasteiger charge is -2.40. The summed E-state index contributed by atoms with van der Waals surface area (Å²) in [6.07, 6.45) is 10.0. The van der Waals surface area contributed by atoms with Crippen molar-refractivity contribution in [1.82, 2.24) is 10.2 Å². The van der Waals surface area contributed by atoms with Crippen molar-refractivity contribution in [1.29, 1.82) is 0 Å². The zero-order valence-electron chi connectivity index (χ0n) is 12.2. The molecule has 1 saturated carbocycles. The summed E-state index contributed by atoms with van der Waals surface area (Å²) in [5.74, 6) is 2.02. The van der Waals surface area contributed by atoms with E-state index in [2.05, 4.69) is 24.1 Å². The van der Waals surface area contributed by atoms with Gasteiger partial charge in [-0.2, -0.15) is 0 Å². The van der Waals surface area contributed by atoms with E-state index in [1.165, 1.54) is 58.0 Å². The lowest BCUT2D eigenvalue weighted by atomic mass is 9.95. The molecule has 3 fully saturated rings. The van der Waals surface area contributed by atoms with Crippen LogP contribution in [0.3, 0.4) is 0 Å². The average molecular weight is 250 g/mol. The Kier molecular flexibility index (Phi) is 3.95. The maximum Gasteiger partial charge on any atom is 0.0114 e. The molecule has 2 nitrogen and oxygen atoms in total. The molecule has 3 unspecified atom stereocenters. The molecule has 2 aliphatic heterocycles. The molecule has 0 spiro atoms. The number of fused-ring (bicyclic) bond motifs is 2. The molecule has 2 saturated heterocycles. The Hall–Kier alpha value is -0.0800. The number of piperidine rings is 1. The molecule has 0 amide bonds. The van der Waals surface area contributed by atoms with E-state index in [0.717, 1.165) is 30.0 Å². The lowest BCUT2D eigenvalue weighted by Crippen LogP contribution is -2.50. The van der Waals surface area contributed by atoms with Crippen LogP contribution in [0.2, 0.25) is 0 Å². The van der Waals surface area contributed by atoms with Gasteiger partial charge in [0.05, 0.1) is 0 Å². The zero-order valence-corrected chi connectivity index (χ0v) is 12.2. The van der Waals surface area contributed by atoms with Crippen molar-refractivity contribution in [2.24, 2.45) is 11.8 Å². The first-order valence-electron chi connectivity index (χ1n) is 8.27. The summed E-state index contributed by atoms with van der Waals surface area (Å²) in [7, 11) is 0. The zero-order chi connectivity index (χ0) is 12.5. The number of hydrogen-bond acceptors (Lipinski definition) is 2. The second-order valence-corrected chi connectivity index (χ2v) is 7.02. The van der Waals surface area contributed by atoms with E-state index in [4.69, 9.17) is 0 Å². The fourth-order valence-electron chi connectivity index (χ4n) is 4.23. The third-order valence-corrected chi connectivity index (χ3v) is 5.49. The molecule has 0 aromatic carbocycles. The van der Waals surface area contributed by atoms with E-state index in [0.29, 0.717) is 0 Å². The lowest BCUT2D eigenvalue weighted by molar-refractivity contribution is 0.0965. The minimum absolute atomic E-state index is 0.815. The van der Waals surface area contributed by atoms with Gasteiger partial charge in [-0.05, 0) is 63.3 Å². The van der Waals surface area contributed by atoms with E-state index in [1.54, 1.807) is 0 Å². The van der Waals surface area contributed by atoms with Gasteiger partial charge in [0.25, 0.3) is 0 Å². The van der Waals surface area contributed by atoms with Crippen molar-refractivity contribution < 1.29 is 0 Å². The van der Waals surface area contributed by atoms with Gasteiger partial charge in [-0.1, -0.05) is 13.8 Å². The van der Waals surface area contributed by atoms with Gasteiger partial charge in [0.15, 0.2) is 0 Å². The van der Waals surface area contributed by atoms with Crippen LogP contribution in [-0.4, -0.2) is 36.1 Å². The van der Waals surface area contributed by atoms with Crippen LogP contribution in [0.25, 0.3) is 0 Å². The largest absolute Gasteiger partial charge is 0.314 e. The first-order valence-corrected chi connectivity index (χ1v) is 8.27. The summed E-state index contributed by atoms with van der Waals surface area (Å²) in [6, 6.07) is 2.62. The summed E-state index contributed by atoms with van der Waals surface area (Å²) >= 11 is 0. The van der Waals surface area contributed by atoms with Gasteiger partial charge < -0.3 is 5.32 Å². The Morgan fingerprint density at radius 1 is 1.11 bits per heavy atom. The maximum atomic E-state index is 3.75. The average Bonchev–Trinajstić information content (AvgIpc) is 3.17. The first kappa shape index (κ1) is 12.9. The first-order chi connectivity index (χ1) is 8.78. The highest BCUT2D eigenvalue weighted by molar-refractivity contribution is 4.98. The molecule has 2 heterocycles. The van der Waals surface area contributed by atoms with E-state index in [-0.39, 0.29) is 0 Å². The summed E-state index contributed by atoms with van der Waals surface area (Å²) in [6.45, 7) is 7.36. The van der Waals surface area contributed by atoms with E-state index in [1.807, 2.05) is 0 Å². The number of nitrogens with zero attached hydrogens (tertiary/aromatic N) is 1. The van der Waals surface area contributed by atoms with Gasteiger partial charge in [-0.15, -0.1) is 0 Å². The monoisotopic (exact) mass is 250 g/mol. The van der Waals surface area contributed by atoms with Crippen LogP contribution in [0, 0.1) is 11.8 Å². The fourth-order valence-corrected chi connectivity index (χ4v) is 4.23. The van der Waals surface area contributed by atoms with Crippen LogP contribution in [-0.2, 0) is 0 Å². The minimum Gasteiger partial charge on any atom is -0.314 e. The molecular formula is C16H30N2. The summed E-state index contributed by atoms with van der Waals surface area (Å²) in [5.41, 5.74) is 0. The predicted octanol–water partition coefficient (Wildman–Crippen LogP) is 3.03. The van der Waals surface area contributed by atoms with E-state index < -0.39 is 0 Å². The molecule has 3 atom stereocenters. The predicted molar refractivity (Wildman–Crippen MR) is 76.7 cm³/mol. The molecule has 18 heavy (non-hydrogen) atoms. The van der Waals surface area contributed by atoms with Crippen molar-refractivity contribution in [3.05, 3.63) is 0 Å². The quantitative estimate of drug-likeness (QED) is 0.779. The second kappa shape index (κ2) is 5.50. The number of rotatable bonds is 6. The van der Waals surface area contributed by atoms with E-state index >= 15 is 0 Å². The van der Waals surface area contributed by atoms with Gasteiger partial charge in [0, 0.05) is 24.7 Å².